The number of halogens is 3. The molecule has 0 aliphatic heterocycles. The highest BCUT2D eigenvalue weighted by molar-refractivity contribution is 6.31. The molecule has 132 valence electrons. The number of rotatable bonds is 7. The summed E-state index contributed by atoms with van der Waals surface area (Å²) in [6.45, 7) is -2.58. The normalized spacial score (nSPS) is 11.2. The molecule has 0 aromatic heterocycles. The molecule has 0 spiro atoms. The van der Waals surface area contributed by atoms with Crippen LogP contribution in [0.1, 0.15) is 11.1 Å². The Labute approximate surface area is 146 Å². The lowest BCUT2D eigenvalue weighted by atomic mass is 10.1. The van der Waals surface area contributed by atoms with Gasteiger partial charge in [0.15, 0.2) is 0 Å². The lowest BCUT2D eigenvalue weighted by Gasteiger charge is -2.10. The molecular weight excluding hydrogens is 358 g/mol. The van der Waals surface area contributed by atoms with Gasteiger partial charge < -0.3 is 9.84 Å². The van der Waals surface area contributed by atoms with Gasteiger partial charge in [-0.2, -0.15) is 8.78 Å². The van der Waals surface area contributed by atoms with Crippen LogP contribution < -0.4 is 9.84 Å². The molecule has 0 N–H and O–H groups in total. The second kappa shape index (κ2) is 8.39. The highest BCUT2D eigenvalue weighted by Gasteiger charge is 2.11. The van der Waals surface area contributed by atoms with Crippen LogP contribution in [-0.4, -0.2) is 24.3 Å². The molecule has 0 atom stereocenters. The van der Waals surface area contributed by atoms with Crippen molar-refractivity contribution in [3.63, 3.8) is 0 Å². The molecule has 2 rings (SSSR count). The van der Waals surface area contributed by atoms with E-state index in [4.69, 9.17) is 11.6 Å². The molecule has 2 aromatic carbocycles. The Morgan fingerprint density at radius 2 is 1.96 bits per heavy atom. The van der Waals surface area contributed by atoms with E-state index in [0.717, 1.165) is 11.6 Å². The van der Waals surface area contributed by atoms with Crippen molar-refractivity contribution >= 4 is 23.5 Å². The van der Waals surface area contributed by atoms with E-state index in [1.807, 2.05) is 0 Å². The Morgan fingerprint density at radius 3 is 2.56 bits per heavy atom. The van der Waals surface area contributed by atoms with Gasteiger partial charge in [-0.1, -0.05) is 23.7 Å². The average molecular weight is 370 g/mol. The maximum absolute atomic E-state index is 12.1. The molecule has 0 unspecified atom stereocenters. The van der Waals surface area contributed by atoms with E-state index in [2.05, 4.69) is 9.73 Å². The smallest absolute Gasteiger partial charge is 0.387 e. The Kier molecular flexibility index (Phi) is 6.24. The Balaban J connectivity index is 1.99. The summed E-state index contributed by atoms with van der Waals surface area (Å²) in [4.78, 5) is 14.0. The summed E-state index contributed by atoms with van der Waals surface area (Å²) >= 11 is 5.76. The number of benzene rings is 2. The lowest BCUT2D eigenvalue weighted by Crippen LogP contribution is -2.03. The number of ether oxygens (including phenoxy) is 1. The van der Waals surface area contributed by atoms with Crippen LogP contribution in [0.3, 0.4) is 0 Å². The molecule has 0 saturated carbocycles. The van der Waals surface area contributed by atoms with Crippen LogP contribution in [-0.2, 0) is 6.42 Å². The topological polar surface area (TPSA) is 87.8 Å². The van der Waals surface area contributed by atoms with Gasteiger partial charge >= 0.3 is 6.61 Å². The molecule has 0 radical (unpaired) electrons. The SMILES string of the molecule is O=[N+]([O-])c1cc(Cl)cc(C=NCCc2ccc(OC(F)F)cc2)c1[O-]. The molecule has 0 aliphatic carbocycles. The molecule has 2 aromatic rings. The highest BCUT2D eigenvalue weighted by Crippen LogP contribution is 2.30. The zero-order chi connectivity index (χ0) is 18.4. The quantitative estimate of drug-likeness (QED) is 0.424. The number of alkyl halides is 2. The maximum atomic E-state index is 12.1. The maximum Gasteiger partial charge on any atom is 0.387 e. The van der Waals surface area contributed by atoms with Gasteiger partial charge in [0, 0.05) is 23.8 Å². The van der Waals surface area contributed by atoms with Crippen molar-refractivity contribution in [2.75, 3.05) is 6.54 Å². The van der Waals surface area contributed by atoms with Crippen molar-refractivity contribution in [3.05, 3.63) is 62.7 Å². The molecule has 0 aliphatic rings. The molecule has 0 heterocycles. The van der Waals surface area contributed by atoms with E-state index in [-0.39, 0.29) is 16.3 Å². The molecule has 0 saturated heterocycles. The minimum absolute atomic E-state index is 0.0277. The van der Waals surface area contributed by atoms with Crippen LogP contribution in [0.2, 0.25) is 5.02 Å². The zero-order valence-corrected chi connectivity index (χ0v) is 13.5. The van der Waals surface area contributed by atoms with Crippen LogP contribution in [0.15, 0.2) is 41.4 Å². The third-order valence-corrected chi connectivity index (χ3v) is 3.39. The lowest BCUT2D eigenvalue weighted by molar-refractivity contribution is -0.398. The van der Waals surface area contributed by atoms with Gasteiger partial charge in [0.1, 0.15) is 5.75 Å². The summed E-state index contributed by atoms with van der Waals surface area (Å²) in [5.74, 6) is -0.698. The van der Waals surface area contributed by atoms with Gasteiger partial charge in [-0.25, -0.2) is 0 Å². The van der Waals surface area contributed by atoms with Crippen molar-refractivity contribution in [1.82, 2.24) is 0 Å². The van der Waals surface area contributed by atoms with Gasteiger partial charge in [0.2, 0.25) is 0 Å². The van der Waals surface area contributed by atoms with Gasteiger partial charge in [0.25, 0.3) is 5.69 Å². The van der Waals surface area contributed by atoms with E-state index in [1.54, 1.807) is 12.1 Å². The molecule has 6 nitrogen and oxygen atoms in total. The molecule has 9 heteroatoms. The summed E-state index contributed by atoms with van der Waals surface area (Å²) in [5, 5.41) is 22.7. The van der Waals surface area contributed by atoms with Crippen molar-refractivity contribution in [2.45, 2.75) is 13.0 Å². The van der Waals surface area contributed by atoms with E-state index in [1.165, 1.54) is 24.4 Å². The molecule has 0 amide bonds. The highest BCUT2D eigenvalue weighted by atomic mass is 35.5. The van der Waals surface area contributed by atoms with E-state index in [0.29, 0.717) is 13.0 Å². The fourth-order valence-corrected chi connectivity index (χ4v) is 2.25. The van der Waals surface area contributed by atoms with E-state index >= 15 is 0 Å². The van der Waals surface area contributed by atoms with Crippen LogP contribution in [0.25, 0.3) is 0 Å². The number of hydrogen-bond acceptors (Lipinski definition) is 5. The van der Waals surface area contributed by atoms with Gasteiger partial charge in [-0.15, -0.1) is 0 Å². The van der Waals surface area contributed by atoms with E-state index in [9.17, 15) is 24.0 Å². The Hall–Kier alpha value is -2.74. The molecule has 0 bridgehead atoms. The zero-order valence-electron chi connectivity index (χ0n) is 12.7. The molecular formula is C16H12ClF2N2O4-. The summed E-state index contributed by atoms with van der Waals surface area (Å²) < 4.78 is 28.3. The molecule has 0 fully saturated rings. The third-order valence-electron chi connectivity index (χ3n) is 3.17. The summed E-state index contributed by atoms with van der Waals surface area (Å²) in [7, 11) is 0. The molecule has 25 heavy (non-hydrogen) atoms. The second-order valence-electron chi connectivity index (χ2n) is 4.91. The first kappa shape index (κ1) is 18.6. The predicted molar refractivity (Wildman–Crippen MR) is 86.8 cm³/mol. The van der Waals surface area contributed by atoms with Crippen molar-refractivity contribution in [1.29, 1.82) is 0 Å². The van der Waals surface area contributed by atoms with Crippen LogP contribution in [0.5, 0.6) is 11.5 Å². The summed E-state index contributed by atoms with van der Waals surface area (Å²) in [6, 6.07) is 8.37. The predicted octanol–water partition coefficient (Wildman–Crippen LogP) is 3.58. The second-order valence-corrected chi connectivity index (χ2v) is 5.34. The third kappa shape index (κ3) is 5.39. The van der Waals surface area contributed by atoms with Gasteiger partial charge in [0.05, 0.1) is 4.92 Å². The Morgan fingerprint density at radius 1 is 1.28 bits per heavy atom. The van der Waals surface area contributed by atoms with Crippen LogP contribution in [0, 0.1) is 10.1 Å². The fourth-order valence-electron chi connectivity index (χ4n) is 2.03. The summed E-state index contributed by atoms with van der Waals surface area (Å²) in [6.07, 6.45) is 1.72. The number of nitro benzene ring substituents is 1. The van der Waals surface area contributed by atoms with Gasteiger partial charge in [-0.3, -0.25) is 15.1 Å². The van der Waals surface area contributed by atoms with Crippen molar-refractivity contribution in [3.8, 4) is 11.5 Å². The monoisotopic (exact) mass is 369 g/mol. The van der Waals surface area contributed by atoms with E-state index < -0.39 is 23.0 Å². The summed E-state index contributed by atoms with van der Waals surface area (Å²) in [5.41, 5.74) is 0.252. The average Bonchev–Trinajstić information content (AvgIpc) is 2.55. The van der Waals surface area contributed by atoms with Crippen LogP contribution in [0.4, 0.5) is 14.5 Å². The first-order valence-corrected chi connectivity index (χ1v) is 7.43. The fraction of sp³-hybridized carbons (Fsp3) is 0.188. The van der Waals surface area contributed by atoms with Gasteiger partial charge in [-0.05, 0) is 41.5 Å². The standard InChI is InChI=1S/C16H13ClF2N2O4/c17-12-7-11(15(22)14(8-12)21(23)24)9-20-6-5-10-1-3-13(4-2-10)25-16(18)19/h1-4,7-9,16,22H,5-6H2/p-1. The first-order chi connectivity index (χ1) is 11.9. The van der Waals surface area contributed by atoms with Crippen molar-refractivity contribution < 1.29 is 23.5 Å². The van der Waals surface area contributed by atoms with Crippen LogP contribution >= 0.6 is 11.6 Å². The minimum Gasteiger partial charge on any atom is -0.867 e. The Bertz CT molecular complexity index is 782. The number of nitro groups is 1. The minimum atomic E-state index is -2.88. The number of nitrogens with zero attached hydrogens (tertiary/aromatic N) is 2. The number of hydrogen-bond donors (Lipinski definition) is 0. The largest absolute Gasteiger partial charge is 0.867 e. The number of aliphatic imine (C=N–C) groups is 1. The first-order valence-electron chi connectivity index (χ1n) is 7.05. The van der Waals surface area contributed by atoms with Crippen molar-refractivity contribution in [2.24, 2.45) is 4.99 Å².